The van der Waals surface area contributed by atoms with Gasteiger partial charge in [-0.3, -0.25) is 10.1 Å². The molecule has 1 amide bonds. The van der Waals surface area contributed by atoms with Crippen LogP contribution in [0, 0.1) is 5.92 Å². The number of carbonyl (C=O) groups is 2. The Labute approximate surface area is 142 Å². The summed E-state index contributed by atoms with van der Waals surface area (Å²) in [5.74, 6) is 0.0927. The molecule has 0 aromatic heterocycles. The van der Waals surface area contributed by atoms with Crippen LogP contribution in [0.15, 0.2) is 18.2 Å². The standard InChI is InChI=1S/C19H26FNO3/c1-4-13(3)17(22)16-8-7-15(11-14(16)5-2)21-18(23)24-12-19(20)9-6-10-19/h7-8,11,13H,4-6,9-10,12H2,1-3H3,(H,21,23). The van der Waals surface area contributed by atoms with E-state index in [2.05, 4.69) is 5.32 Å². The van der Waals surface area contributed by atoms with Crippen molar-refractivity contribution >= 4 is 17.6 Å². The van der Waals surface area contributed by atoms with Crippen molar-refractivity contribution in [2.24, 2.45) is 5.92 Å². The number of aryl methyl sites for hydroxylation is 1. The molecule has 0 spiro atoms. The molecule has 1 unspecified atom stereocenters. The fourth-order valence-corrected chi connectivity index (χ4v) is 2.71. The van der Waals surface area contributed by atoms with Crippen LogP contribution >= 0.6 is 0 Å². The molecular formula is C19H26FNO3. The summed E-state index contributed by atoms with van der Waals surface area (Å²) in [5.41, 5.74) is 0.791. The number of Topliss-reactive ketones (excluding diaryl/α,β-unsaturated/α-hetero) is 1. The van der Waals surface area contributed by atoms with Crippen LogP contribution in [0.5, 0.6) is 0 Å². The third-order valence-electron chi connectivity index (χ3n) is 4.77. The second-order valence-electron chi connectivity index (χ2n) is 6.60. The number of amides is 1. The molecule has 1 aliphatic rings. The van der Waals surface area contributed by atoms with E-state index in [1.54, 1.807) is 18.2 Å². The van der Waals surface area contributed by atoms with E-state index in [0.29, 0.717) is 30.5 Å². The highest BCUT2D eigenvalue weighted by Crippen LogP contribution is 2.35. The van der Waals surface area contributed by atoms with Crippen LogP contribution in [0.2, 0.25) is 0 Å². The van der Waals surface area contributed by atoms with Crippen molar-refractivity contribution in [3.05, 3.63) is 29.3 Å². The fourth-order valence-electron chi connectivity index (χ4n) is 2.71. The first-order chi connectivity index (χ1) is 11.4. The Morgan fingerprint density at radius 3 is 2.58 bits per heavy atom. The minimum atomic E-state index is -1.35. The first kappa shape index (κ1) is 18.4. The van der Waals surface area contributed by atoms with Crippen molar-refractivity contribution in [3.63, 3.8) is 0 Å². The predicted molar refractivity (Wildman–Crippen MR) is 92.3 cm³/mol. The summed E-state index contributed by atoms with van der Waals surface area (Å²) in [5, 5.41) is 2.61. The molecule has 0 aliphatic heterocycles. The number of alkyl halides is 1. The van der Waals surface area contributed by atoms with Gasteiger partial charge in [-0.2, -0.15) is 0 Å². The van der Waals surface area contributed by atoms with Crippen LogP contribution in [-0.4, -0.2) is 24.2 Å². The summed E-state index contributed by atoms with van der Waals surface area (Å²) in [6, 6.07) is 5.21. The zero-order chi connectivity index (χ0) is 17.7. The Morgan fingerprint density at radius 1 is 1.33 bits per heavy atom. The van der Waals surface area contributed by atoms with Crippen molar-refractivity contribution in [3.8, 4) is 0 Å². The molecule has 0 bridgehead atoms. The lowest BCUT2D eigenvalue weighted by molar-refractivity contribution is -0.00375. The normalized spacial score (nSPS) is 16.8. The number of carbonyl (C=O) groups excluding carboxylic acids is 2. The van der Waals surface area contributed by atoms with Crippen molar-refractivity contribution < 1.29 is 18.7 Å². The van der Waals surface area contributed by atoms with E-state index < -0.39 is 11.8 Å². The first-order valence-electron chi connectivity index (χ1n) is 8.68. The van der Waals surface area contributed by atoms with Gasteiger partial charge in [0.1, 0.15) is 12.3 Å². The van der Waals surface area contributed by atoms with Crippen LogP contribution < -0.4 is 5.32 Å². The molecule has 5 heteroatoms. The summed E-state index contributed by atoms with van der Waals surface area (Å²) in [6.45, 7) is 5.66. The molecule has 1 fully saturated rings. The second kappa shape index (κ2) is 7.77. The lowest BCUT2D eigenvalue weighted by Crippen LogP contribution is -2.38. The Kier molecular flexibility index (Phi) is 5.97. The molecule has 1 aliphatic carbocycles. The van der Waals surface area contributed by atoms with Gasteiger partial charge in [-0.05, 0) is 55.9 Å². The van der Waals surface area contributed by atoms with Gasteiger partial charge >= 0.3 is 6.09 Å². The maximum absolute atomic E-state index is 13.8. The third-order valence-corrected chi connectivity index (χ3v) is 4.77. The van der Waals surface area contributed by atoms with Gasteiger partial charge in [0, 0.05) is 17.2 Å². The van der Waals surface area contributed by atoms with Crippen LogP contribution in [0.25, 0.3) is 0 Å². The lowest BCUT2D eigenvalue weighted by atomic mass is 9.83. The maximum Gasteiger partial charge on any atom is 0.411 e. The summed E-state index contributed by atoms with van der Waals surface area (Å²) >= 11 is 0. The van der Waals surface area contributed by atoms with Gasteiger partial charge < -0.3 is 4.74 Å². The number of halogens is 1. The molecule has 1 N–H and O–H groups in total. The van der Waals surface area contributed by atoms with E-state index in [1.807, 2.05) is 20.8 Å². The molecule has 0 radical (unpaired) electrons. The van der Waals surface area contributed by atoms with Crippen LogP contribution in [0.3, 0.4) is 0 Å². The average Bonchev–Trinajstić information content (AvgIpc) is 2.56. The lowest BCUT2D eigenvalue weighted by Gasteiger charge is -2.32. The molecule has 1 aromatic carbocycles. The van der Waals surface area contributed by atoms with Gasteiger partial charge in [0.15, 0.2) is 5.78 Å². The summed E-state index contributed by atoms with van der Waals surface area (Å²) in [6.07, 6.45) is 2.56. The van der Waals surface area contributed by atoms with Gasteiger partial charge in [0.05, 0.1) is 0 Å². The zero-order valence-corrected chi connectivity index (χ0v) is 14.7. The summed E-state index contributed by atoms with van der Waals surface area (Å²) < 4.78 is 18.8. The number of anilines is 1. The Balaban J connectivity index is 2.00. The zero-order valence-electron chi connectivity index (χ0n) is 14.7. The molecule has 1 atom stereocenters. The number of rotatable bonds is 7. The highest BCUT2D eigenvalue weighted by Gasteiger charge is 2.38. The van der Waals surface area contributed by atoms with Gasteiger partial charge in [-0.25, -0.2) is 9.18 Å². The van der Waals surface area contributed by atoms with Gasteiger partial charge in [0.2, 0.25) is 0 Å². The van der Waals surface area contributed by atoms with Crippen molar-refractivity contribution in [2.75, 3.05) is 11.9 Å². The predicted octanol–water partition coefficient (Wildman–Crippen LogP) is 4.92. The van der Waals surface area contributed by atoms with Crippen LogP contribution in [-0.2, 0) is 11.2 Å². The monoisotopic (exact) mass is 335 g/mol. The molecule has 2 rings (SSSR count). The highest BCUT2D eigenvalue weighted by atomic mass is 19.1. The first-order valence-corrected chi connectivity index (χ1v) is 8.68. The van der Waals surface area contributed by atoms with Crippen LogP contribution in [0.1, 0.15) is 62.4 Å². The highest BCUT2D eigenvalue weighted by molar-refractivity contribution is 5.99. The molecular weight excluding hydrogens is 309 g/mol. The number of ether oxygens (including phenoxy) is 1. The third kappa shape index (κ3) is 4.34. The van der Waals surface area contributed by atoms with E-state index in [4.69, 9.17) is 4.74 Å². The van der Waals surface area contributed by atoms with Gasteiger partial charge in [-0.15, -0.1) is 0 Å². The number of hydrogen-bond acceptors (Lipinski definition) is 3. The fraction of sp³-hybridized carbons (Fsp3) is 0.579. The van der Waals surface area contributed by atoms with E-state index in [1.165, 1.54) is 0 Å². The molecule has 132 valence electrons. The number of nitrogens with one attached hydrogen (secondary N) is 1. The molecule has 24 heavy (non-hydrogen) atoms. The maximum atomic E-state index is 13.8. The second-order valence-corrected chi connectivity index (χ2v) is 6.60. The largest absolute Gasteiger partial charge is 0.446 e. The topological polar surface area (TPSA) is 55.4 Å². The van der Waals surface area contributed by atoms with Crippen molar-refractivity contribution in [2.45, 2.75) is 58.5 Å². The van der Waals surface area contributed by atoms with Crippen molar-refractivity contribution in [1.82, 2.24) is 0 Å². The quantitative estimate of drug-likeness (QED) is 0.720. The minimum Gasteiger partial charge on any atom is -0.446 e. The van der Waals surface area contributed by atoms with E-state index in [9.17, 15) is 14.0 Å². The smallest absolute Gasteiger partial charge is 0.411 e. The molecule has 1 saturated carbocycles. The SMILES string of the molecule is CCc1cc(NC(=O)OCC2(F)CCC2)ccc1C(=O)C(C)CC. The Morgan fingerprint density at radius 2 is 2.04 bits per heavy atom. The Bertz CT molecular complexity index is 611. The Hall–Kier alpha value is -1.91. The van der Waals surface area contributed by atoms with E-state index in [0.717, 1.165) is 18.4 Å². The minimum absolute atomic E-state index is 0.0257. The van der Waals surface area contributed by atoms with Crippen LogP contribution in [0.4, 0.5) is 14.9 Å². The van der Waals surface area contributed by atoms with Gasteiger partial charge in [-0.1, -0.05) is 20.8 Å². The van der Waals surface area contributed by atoms with Crippen molar-refractivity contribution in [1.29, 1.82) is 0 Å². The van der Waals surface area contributed by atoms with E-state index in [-0.39, 0.29) is 18.3 Å². The number of benzene rings is 1. The number of hydrogen-bond donors (Lipinski definition) is 1. The number of ketones is 1. The molecule has 4 nitrogen and oxygen atoms in total. The molecule has 1 aromatic rings. The average molecular weight is 335 g/mol. The summed E-state index contributed by atoms with van der Waals surface area (Å²) in [7, 11) is 0. The van der Waals surface area contributed by atoms with E-state index >= 15 is 0 Å². The molecule has 0 heterocycles. The van der Waals surface area contributed by atoms with Gasteiger partial charge in [0.25, 0.3) is 0 Å². The summed E-state index contributed by atoms with van der Waals surface area (Å²) in [4.78, 5) is 24.2. The molecule has 0 saturated heterocycles.